The average Bonchev–Trinajstić information content (AvgIpc) is 2.33. The topological polar surface area (TPSA) is 66.4 Å². The number of carbonyl (C=O) groups excluding carboxylic acids is 1. The van der Waals surface area contributed by atoms with Gasteiger partial charge < -0.3 is 10.4 Å². The zero-order chi connectivity index (χ0) is 14.6. The van der Waals surface area contributed by atoms with E-state index in [0.29, 0.717) is 13.0 Å². The molecule has 0 radical (unpaired) electrons. The van der Waals surface area contributed by atoms with Crippen molar-refractivity contribution in [1.82, 2.24) is 5.32 Å². The Kier molecular flexibility index (Phi) is 4.42. The number of amides is 1. The van der Waals surface area contributed by atoms with E-state index in [1.165, 1.54) is 0 Å². The number of carbonyl (C=O) groups is 2. The van der Waals surface area contributed by atoms with Crippen molar-refractivity contribution in [3.8, 4) is 0 Å². The number of rotatable bonds is 6. The summed E-state index contributed by atoms with van der Waals surface area (Å²) >= 11 is 0. The van der Waals surface area contributed by atoms with Crippen LogP contribution in [-0.4, -0.2) is 23.5 Å². The predicted molar refractivity (Wildman–Crippen MR) is 76.6 cm³/mol. The first-order valence-electron chi connectivity index (χ1n) is 7.12. The Balaban J connectivity index is 2.00. The minimum atomic E-state index is -0.823. The van der Waals surface area contributed by atoms with Gasteiger partial charge in [0.2, 0.25) is 5.91 Å². The predicted octanol–water partition coefficient (Wildman–Crippen LogP) is 2.40. The summed E-state index contributed by atoms with van der Waals surface area (Å²) in [7, 11) is 0. The minimum absolute atomic E-state index is 0.0414. The molecule has 0 aromatic heterocycles. The number of aliphatic carboxylic acids is 1. The van der Waals surface area contributed by atoms with Crippen LogP contribution in [0.3, 0.4) is 0 Å². The average molecular weight is 275 g/mol. The molecule has 1 aliphatic rings. The van der Waals surface area contributed by atoms with Crippen LogP contribution in [0.1, 0.15) is 43.2 Å². The lowest BCUT2D eigenvalue weighted by Crippen LogP contribution is -2.49. The molecule has 0 heterocycles. The zero-order valence-corrected chi connectivity index (χ0v) is 11.8. The molecule has 4 nitrogen and oxygen atoms in total. The van der Waals surface area contributed by atoms with Crippen molar-refractivity contribution in [2.24, 2.45) is 0 Å². The minimum Gasteiger partial charge on any atom is -0.481 e. The molecule has 2 N–H and O–H groups in total. The van der Waals surface area contributed by atoms with Crippen molar-refractivity contribution < 1.29 is 14.7 Å². The SMILES string of the molecule is Cc1cccc(C2(C(=O)NCCCC(=O)O)CCC2)c1. The number of benzene rings is 1. The Bertz CT molecular complexity index is 506. The summed E-state index contributed by atoms with van der Waals surface area (Å²) < 4.78 is 0. The van der Waals surface area contributed by atoms with Crippen LogP contribution in [0.2, 0.25) is 0 Å². The van der Waals surface area contributed by atoms with E-state index in [1.54, 1.807) is 0 Å². The van der Waals surface area contributed by atoms with E-state index >= 15 is 0 Å². The second-order valence-corrected chi connectivity index (χ2v) is 5.56. The molecule has 20 heavy (non-hydrogen) atoms. The lowest BCUT2D eigenvalue weighted by Gasteiger charge is -2.41. The molecule has 1 saturated carbocycles. The molecule has 0 spiro atoms. The van der Waals surface area contributed by atoms with Crippen molar-refractivity contribution in [3.05, 3.63) is 35.4 Å². The van der Waals surface area contributed by atoms with E-state index in [2.05, 4.69) is 11.4 Å². The van der Waals surface area contributed by atoms with Gasteiger partial charge in [-0.3, -0.25) is 9.59 Å². The van der Waals surface area contributed by atoms with Gasteiger partial charge in [-0.1, -0.05) is 36.2 Å². The fourth-order valence-corrected chi connectivity index (χ4v) is 2.73. The molecule has 2 rings (SSSR count). The Hall–Kier alpha value is -1.84. The van der Waals surface area contributed by atoms with Gasteiger partial charge in [0, 0.05) is 13.0 Å². The number of carboxylic acid groups (broad SMARTS) is 1. The maximum absolute atomic E-state index is 12.4. The van der Waals surface area contributed by atoms with Crippen molar-refractivity contribution in [3.63, 3.8) is 0 Å². The summed E-state index contributed by atoms with van der Waals surface area (Å²) in [5.41, 5.74) is 1.85. The van der Waals surface area contributed by atoms with Crippen LogP contribution in [0.15, 0.2) is 24.3 Å². The third-order valence-electron chi connectivity index (χ3n) is 4.07. The highest BCUT2D eigenvalue weighted by molar-refractivity contribution is 5.89. The number of nitrogens with one attached hydrogen (secondary N) is 1. The van der Waals surface area contributed by atoms with Gasteiger partial charge in [-0.2, -0.15) is 0 Å². The van der Waals surface area contributed by atoms with Crippen LogP contribution in [0.25, 0.3) is 0 Å². The van der Waals surface area contributed by atoms with Gasteiger partial charge in [-0.05, 0) is 31.7 Å². The number of hydrogen-bond acceptors (Lipinski definition) is 2. The third-order valence-corrected chi connectivity index (χ3v) is 4.07. The molecule has 1 aliphatic carbocycles. The standard InChI is InChI=1S/C16H21NO3/c1-12-5-2-6-13(11-12)16(8-4-9-16)15(20)17-10-3-7-14(18)19/h2,5-6,11H,3-4,7-10H2,1H3,(H,17,20)(H,18,19). The lowest BCUT2D eigenvalue weighted by atomic mass is 9.63. The molecule has 0 bridgehead atoms. The summed E-state index contributed by atoms with van der Waals surface area (Å²) in [6.45, 7) is 2.46. The van der Waals surface area contributed by atoms with Gasteiger partial charge in [-0.15, -0.1) is 0 Å². The highest BCUT2D eigenvalue weighted by Crippen LogP contribution is 2.44. The van der Waals surface area contributed by atoms with Crippen molar-refractivity contribution in [2.45, 2.75) is 44.4 Å². The van der Waals surface area contributed by atoms with E-state index in [0.717, 1.165) is 30.4 Å². The molecule has 1 amide bonds. The Morgan fingerprint density at radius 3 is 2.65 bits per heavy atom. The fourth-order valence-electron chi connectivity index (χ4n) is 2.73. The Morgan fingerprint density at radius 1 is 1.35 bits per heavy atom. The molecule has 0 unspecified atom stereocenters. The number of carboxylic acids is 1. The molecule has 108 valence electrons. The lowest BCUT2D eigenvalue weighted by molar-refractivity contribution is -0.137. The molecular weight excluding hydrogens is 254 g/mol. The Labute approximate surface area is 119 Å². The molecule has 0 atom stereocenters. The van der Waals surface area contributed by atoms with Crippen LogP contribution in [0.5, 0.6) is 0 Å². The first-order valence-corrected chi connectivity index (χ1v) is 7.12. The normalized spacial score (nSPS) is 16.2. The van der Waals surface area contributed by atoms with Gasteiger partial charge in [0.05, 0.1) is 5.41 Å². The monoisotopic (exact) mass is 275 g/mol. The van der Waals surface area contributed by atoms with Crippen LogP contribution in [0.4, 0.5) is 0 Å². The summed E-state index contributed by atoms with van der Waals surface area (Å²) in [5, 5.41) is 11.5. The van der Waals surface area contributed by atoms with E-state index in [-0.39, 0.29) is 12.3 Å². The van der Waals surface area contributed by atoms with Crippen LogP contribution >= 0.6 is 0 Å². The maximum atomic E-state index is 12.4. The second-order valence-electron chi connectivity index (χ2n) is 5.56. The van der Waals surface area contributed by atoms with Gasteiger partial charge in [-0.25, -0.2) is 0 Å². The number of hydrogen-bond donors (Lipinski definition) is 2. The molecule has 1 aromatic rings. The van der Waals surface area contributed by atoms with E-state index < -0.39 is 11.4 Å². The van der Waals surface area contributed by atoms with Gasteiger partial charge >= 0.3 is 5.97 Å². The molecule has 0 aliphatic heterocycles. The molecule has 4 heteroatoms. The fraction of sp³-hybridized carbons (Fsp3) is 0.500. The first-order chi connectivity index (χ1) is 9.54. The third kappa shape index (κ3) is 3.00. The smallest absolute Gasteiger partial charge is 0.303 e. The van der Waals surface area contributed by atoms with Gasteiger partial charge in [0.15, 0.2) is 0 Å². The largest absolute Gasteiger partial charge is 0.481 e. The Morgan fingerprint density at radius 2 is 2.10 bits per heavy atom. The second kappa shape index (κ2) is 6.07. The van der Waals surface area contributed by atoms with Crippen LogP contribution in [-0.2, 0) is 15.0 Å². The quantitative estimate of drug-likeness (QED) is 0.783. The molecule has 1 aromatic carbocycles. The highest BCUT2D eigenvalue weighted by Gasteiger charge is 2.45. The summed E-state index contributed by atoms with van der Waals surface area (Å²) in [6.07, 6.45) is 3.39. The van der Waals surface area contributed by atoms with Crippen molar-refractivity contribution >= 4 is 11.9 Å². The first kappa shape index (κ1) is 14.6. The van der Waals surface area contributed by atoms with Crippen molar-refractivity contribution in [1.29, 1.82) is 0 Å². The maximum Gasteiger partial charge on any atom is 0.303 e. The highest BCUT2D eigenvalue weighted by atomic mass is 16.4. The van der Waals surface area contributed by atoms with E-state index in [9.17, 15) is 9.59 Å². The van der Waals surface area contributed by atoms with Gasteiger partial charge in [0.1, 0.15) is 0 Å². The summed E-state index contributed by atoms with van der Waals surface area (Å²) in [5.74, 6) is -0.781. The van der Waals surface area contributed by atoms with E-state index in [4.69, 9.17) is 5.11 Å². The van der Waals surface area contributed by atoms with Crippen LogP contribution in [0, 0.1) is 6.92 Å². The summed E-state index contributed by atoms with van der Waals surface area (Å²) in [4.78, 5) is 22.9. The van der Waals surface area contributed by atoms with Gasteiger partial charge in [0.25, 0.3) is 0 Å². The molecular formula is C16H21NO3. The zero-order valence-electron chi connectivity index (χ0n) is 11.8. The summed E-state index contributed by atoms with van der Waals surface area (Å²) in [6, 6.07) is 8.11. The molecule has 0 saturated heterocycles. The van der Waals surface area contributed by atoms with Crippen LogP contribution < -0.4 is 5.32 Å². The van der Waals surface area contributed by atoms with Crippen molar-refractivity contribution in [2.75, 3.05) is 6.54 Å². The van der Waals surface area contributed by atoms with E-state index in [1.807, 2.05) is 25.1 Å². The number of aryl methyl sites for hydroxylation is 1. The molecule has 1 fully saturated rings.